The van der Waals surface area contributed by atoms with Gasteiger partial charge in [0.2, 0.25) is 0 Å². The van der Waals surface area contributed by atoms with Crippen LogP contribution in [0.5, 0.6) is 0 Å². The van der Waals surface area contributed by atoms with Crippen molar-refractivity contribution in [2.75, 3.05) is 13.1 Å². The van der Waals surface area contributed by atoms with E-state index in [1.807, 2.05) is 20.8 Å². The minimum atomic E-state index is -0.761. The van der Waals surface area contributed by atoms with Gasteiger partial charge in [0.25, 0.3) is 0 Å². The van der Waals surface area contributed by atoms with Crippen LogP contribution in [0.25, 0.3) is 0 Å². The maximum atomic E-state index is 12.1. The lowest BCUT2D eigenvalue weighted by Crippen LogP contribution is -2.52. The average Bonchev–Trinajstić information content (AvgIpc) is 3.10. The number of piperidine rings is 1. The molecular formula is C14H23NO4. The summed E-state index contributed by atoms with van der Waals surface area (Å²) in [4.78, 5) is 25.3. The Labute approximate surface area is 113 Å². The predicted octanol–water partition coefficient (Wildman–Crippen LogP) is 2.50. The SMILES string of the molecule is CC(C)(C)OC(=O)N1CCCC(C(=O)O)(C2CC2)C1. The summed E-state index contributed by atoms with van der Waals surface area (Å²) in [6.45, 7) is 6.35. The second-order valence-corrected chi connectivity index (χ2v) is 6.74. The van der Waals surface area contributed by atoms with Crippen molar-refractivity contribution in [2.24, 2.45) is 11.3 Å². The standard InChI is InChI=1S/C14H23NO4/c1-13(2,3)19-12(18)15-8-4-7-14(9-15,11(16)17)10-5-6-10/h10H,4-9H2,1-3H3,(H,16,17). The van der Waals surface area contributed by atoms with Gasteiger partial charge in [-0.05, 0) is 52.4 Å². The van der Waals surface area contributed by atoms with Gasteiger partial charge in [0.05, 0.1) is 5.41 Å². The first kappa shape index (κ1) is 14.2. The molecule has 0 bridgehead atoms. The minimum absolute atomic E-state index is 0.232. The zero-order valence-electron chi connectivity index (χ0n) is 11.9. The number of carbonyl (C=O) groups is 2. The van der Waals surface area contributed by atoms with E-state index in [0.717, 1.165) is 19.3 Å². The topological polar surface area (TPSA) is 66.8 Å². The van der Waals surface area contributed by atoms with E-state index >= 15 is 0 Å². The minimum Gasteiger partial charge on any atom is -0.481 e. The Balaban J connectivity index is 2.08. The summed E-state index contributed by atoms with van der Waals surface area (Å²) in [5.41, 5.74) is -1.28. The van der Waals surface area contributed by atoms with E-state index in [1.54, 1.807) is 4.90 Å². The molecule has 1 aliphatic carbocycles. The molecule has 0 spiro atoms. The molecular weight excluding hydrogens is 246 g/mol. The van der Waals surface area contributed by atoms with Gasteiger partial charge >= 0.3 is 12.1 Å². The molecule has 2 fully saturated rings. The zero-order chi connectivity index (χ0) is 14.3. The third-order valence-electron chi connectivity index (χ3n) is 3.96. The summed E-state index contributed by atoms with van der Waals surface area (Å²) in [5.74, 6) is -0.529. The molecule has 1 saturated carbocycles. The van der Waals surface area contributed by atoms with Gasteiger partial charge in [-0.15, -0.1) is 0 Å². The van der Waals surface area contributed by atoms with Gasteiger partial charge in [-0.2, -0.15) is 0 Å². The van der Waals surface area contributed by atoms with E-state index in [1.165, 1.54) is 0 Å². The van der Waals surface area contributed by atoms with E-state index in [2.05, 4.69) is 0 Å². The molecule has 19 heavy (non-hydrogen) atoms. The van der Waals surface area contributed by atoms with Crippen LogP contribution < -0.4 is 0 Å². The highest BCUT2D eigenvalue weighted by Crippen LogP contribution is 2.50. The number of aliphatic carboxylic acids is 1. The molecule has 1 atom stereocenters. The lowest BCUT2D eigenvalue weighted by Gasteiger charge is -2.40. The fourth-order valence-corrected chi connectivity index (χ4v) is 2.88. The van der Waals surface area contributed by atoms with Crippen molar-refractivity contribution in [3.8, 4) is 0 Å². The zero-order valence-corrected chi connectivity index (χ0v) is 11.9. The van der Waals surface area contributed by atoms with Crippen molar-refractivity contribution >= 4 is 12.1 Å². The van der Waals surface area contributed by atoms with E-state index in [4.69, 9.17) is 4.74 Å². The molecule has 5 nitrogen and oxygen atoms in total. The van der Waals surface area contributed by atoms with Crippen LogP contribution in [-0.4, -0.2) is 40.8 Å². The van der Waals surface area contributed by atoms with Gasteiger partial charge in [-0.25, -0.2) is 4.79 Å². The van der Waals surface area contributed by atoms with Gasteiger partial charge in [0.1, 0.15) is 5.60 Å². The summed E-state index contributed by atoms with van der Waals surface area (Å²) < 4.78 is 5.34. The number of nitrogens with zero attached hydrogens (tertiary/aromatic N) is 1. The van der Waals surface area contributed by atoms with Crippen molar-refractivity contribution in [1.29, 1.82) is 0 Å². The van der Waals surface area contributed by atoms with E-state index in [-0.39, 0.29) is 5.92 Å². The number of likely N-dealkylation sites (tertiary alicyclic amines) is 1. The largest absolute Gasteiger partial charge is 0.481 e. The first-order valence-corrected chi connectivity index (χ1v) is 6.96. The summed E-state index contributed by atoms with van der Waals surface area (Å²) in [6, 6.07) is 0. The molecule has 108 valence electrons. The average molecular weight is 269 g/mol. The number of carboxylic acid groups (broad SMARTS) is 1. The summed E-state index contributed by atoms with van der Waals surface area (Å²) in [5, 5.41) is 9.55. The van der Waals surface area contributed by atoms with E-state index in [0.29, 0.717) is 19.5 Å². The van der Waals surface area contributed by atoms with Gasteiger partial charge in [-0.1, -0.05) is 0 Å². The summed E-state index contributed by atoms with van der Waals surface area (Å²) in [7, 11) is 0. The lowest BCUT2D eigenvalue weighted by atomic mass is 9.75. The molecule has 1 amide bonds. The molecule has 5 heteroatoms. The Bertz CT molecular complexity index is 383. The van der Waals surface area contributed by atoms with Gasteiger partial charge < -0.3 is 14.7 Å². The van der Waals surface area contributed by atoms with Crippen molar-refractivity contribution in [1.82, 2.24) is 4.90 Å². The van der Waals surface area contributed by atoms with Crippen LogP contribution in [-0.2, 0) is 9.53 Å². The smallest absolute Gasteiger partial charge is 0.410 e. The Morgan fingerprint density at radius 3 is 2.42 bits per heavy atom. The van der Waals surface area contributed by atoms with Crippen LogP contribution in [0.15, 0.2) is 0 Å². The number of carbonyl (C=O) groups excluding carboxylic acids is 1. The normalized spacial score (nSPS) is 28.1. The first-order valence-electron chi connectivity index (χ1n) is 6.96. The van der Waals surface area contributed by atoms with Crippen LogP contribution in [0, 0.1) is 11.3 Å². The maximum Gasteiger partial charge on any atom is 0.410 e. The fourth-order valence-electron chi connectivity index (χ4n) is 2.88. The summed E-state index contributed by atoms with van der Waals surface area (Å²) >= 11 is 0. The third-order valence-corrected chi connectivity index (χ3v) is 3.96. The second kappa shape index (κ2) is 4.69. The van der Waals surface area contributed by atoms with Crippen molar-refractivity contribution in [3.63, 3.8) is 0 Å². The number of carboxylic acids is 1. The quantitative estimate of drug-likeness (QED) is 0.836. The Morgan fingerprint density at radius 2 is 1.95 bits per heavy atom. The molecule has 0 aromatic heterocycles. The van der Waals surface area contributed by atoms with Crippen LogP contribution >= 0.6 is 0 Å². The highest BCUT2D eigenvalue weighted by Gasteiger charge is 2.53. The van der Waals surface area contributed by atoms with Crippen molar-refractivity contribution in [3.05, 3.63) is 0 Å². The number of ether oxygens (including phenoxy) is 1. The van der Waals surface area contributed by atoms with Crippen molar-refractivity contribution < 1.29 is 19.4 Å². The molecule has 2 rings (SSSR count). The fraction of sp³-hybridized carbons (Fsp3) is 0.857. The Hall–Kier alpha value is -1.26. The molecule has 0 aromatic carbocycles. The van der Waals surface area contributed by atoms with Gasteiger partial charge in [0.15, 0.2) is 0 Å². The molecule has 0 radical (unpaired) electrons. The molecule has 1 unspecified atom stereocenters. The van der Waals surface area contributed by atoms with Gasteiger partial charge in [0, 0.05) is 13.1 Å². The number of rotatable bonds is 2. The van der Waals surface area contributed by atoms with E-state index < -0.39 is 23.1 Å². The first-order chi connectivity index (χ1) is 8.74. The lowest BCUT2D eigenvalue weighted by molar-refractivity contribution is -0.154. The molecule has 1 heterocycles. The molecule has 0 aromatic rings. The van der Waals surface area contributed by atoms with Crippen LogP contribution in [0.4, 0.5) is 4.79 Å². The monoisotopic (exact) mass is 269 g/mol. The van der Waals surface area contributed by atoms with Crippen LogP contribution in [0.1, 0.15) is 46.5 Å². The van der Waals surface area contributed by atoms with Crippen molar-refractivity contribution in [2.45, 2.75) is 52.1 Å². The highest BCUT2D eigenvalue weighted by molar-refractivity contribution is 5.78. The number of hydrogen-bond donors (Lipinski definition) is 1. The van der Waals surface area contributed by atoms with Crippen LogP contribution in [0.3, 0.4) is 0 Å². The highest BCUT2D eigenvalue weighted by atomic mass is 16.6. The number of hydrogen-bond acceptors (Lipinski definition) is 3. The molecule has 1 N–H and O–H groups in total. The maximum absolute atomic E-state index is 12.1. The molecule has 2 aliphatic rings. The molecule has 1 saturated heterocycles. The van der Waals surface area contributed by atoms with Gasteiger partial charge in [-0.3, -0.25) is 4.79 Å². The Kier molecular flexibility index (Phi) is 3.49. The summed E-state index contributed by atoms with van der Waals surface area (Å²) in [6.07, 6.45) is 2.95. The number of amides is 1. The predicted molar refractivity (Wildman–Crippen MR) is 69.8 cm³/mol. The second-order valence-electron chi connectivity index (χ2n) is 6.74. The molecule has 1 aliphatic heterocycles. The third kappa shape index (κ3) is 3.01. The van der Waals surface area contributed by atoms with Crippen LogP contribution in [0.2, 0.25) is 0 Å². The van der Waals surface area contributed by atoms with E-state index in [9.17, 15) is 14.7 Å². The Morgan fingerprint density at radius 1 is 1.32 bits per heavy atom.